The molecule has 4 rings (SSSR count). The summed E-state index contributed by atoms with van der Waals surface area (Å²) in [6.07, 6.45) is 0. The van der Waals surface area contributed by atoms with Crippen LogP contribution in [-0.4, -0.2) is 5.84 Å². The Hall–Kier alpha value is -3.75. The summed E-state index contributed by atoms with van der Waals surface area (Å²) in [6, 6.07) is 32.3. The molecule has 1 aliphatic heterocycles. The van der Waals surface area contributed by atoms with Crippen molar-refractivity contribution in [2.45, 2.75) is 6.54 Å². The van der Waals surface area contributed by atoms with Gasteiger partial charge in [0.25, 0.3) is 0 Å². The lowest BCUT2D eigenvalue weighted by atomic mass is 10.1. The summed E-state index contributed by atoms with van der Waals surface area (Å²) in [6.45, 7) is 0.486. The SMILES string of the molecule is N#CC1=C(Nc2ccccc2)SC=C(c2ccccc2)NC1=NCc1ccccc1. The zero-order chi connectivity index (χ0) is 20.6. The molecule has 0 radical (unpaired) electrons. The highest BCUT2D eigenvalue weighted by molar-refractivity contribution is 8.06. The average molecular weight is 409 g/mol. The topological polar surface area (TPSA) is 60.2 Å². The van der Waals surface area contributed by atoms with Crippen LogP contribution in [0.25, 0.3) is 5.70 Å². The maximum atomic E-state index is 9.98. The fraction of sp³-hybridized carbons (Fsp3) is 0.0400. The van der Waals surface area contributed by atoms with E-state index in [0.29, 0.717) is 18.0 Å². The average Bonchev–Trinajstić information content (AvgIpc) is 2.98. The molecule has 30 heavy (non-hydrogen) atoms. The van der Waals surface area contributed by atoms with Gasteiger partial charge in [-0.1, -0.05) is 90.6 Å². The third-order valence-corrected chi connectivity index (χ3v) is 5.40. The van der Waals surface area contributed by atoms with Gasteiger partial charge < -0.3 is 10.6 Å². The molecule has 3 aromatic rings. The third-order valence-electron chi connectivity index (χ3n) is 4.50. The molecular formula is C25H20N4S. The minimum absolute atomic E-state index is 0.486. The molecule has 1 aliphatic rings. The molecule has 0 atom stereocenters. The highest BCUT2D eigenvalue weighted by atomic mass is 32.2. The summed E-state index contributed by atoms with van der Waals surface area (Å²) < 4.78 is 0. The number of anilines is 1. The number of amidine groups is 1. The normalized spacial score (nSPS) is 15.0. The molecule has 1 heterocycles. The van der Waals surface area contributed by atoms with E-state index in [2.05, 4.69) is 16.7 Å². The largest absolute Gasteiger partial charge is 0.349 e. The van der Waals surface area contributed by atoms with Crippen LogP contribution >= 0.6 is 11.8 Å². The number of hydrogen-bond donors (Lipinski definition) is 2. The van der Waals surface area contributed by atoms with Gasteiger partial charge in [-0.3, -0.25) is 4.99 Å². The molecule has 3 aromatic carbocycles. The van der Waals surface area contributed by atoms with Crippen molar-refractivity contribution in [2.24, 2.45) is 4.99 Å². The maximum absolute atomic E-state index is 9.98. The number of nitrogens with one attached hydrogen (secondary N) is 2. The van der Waals surface area contributed by atoms with Gasteiger partial charge in [0.05, 0.1) is 17.3 Å². The molecular weight excluding hydrogens is 388 g/mol. The van der Waals surface area contributed by atoms with Crippen molar-refractivity contribution in [2.75, 3.05) is 5.32 Å². The minimum atomic E-state index is 0.486. The lowest BCUT2D eigenvalue weighted by molar-refractivity contribution is 1.04. The Balaban J connectivity index is 1.72. The zero-order valence-corrected chi connectivity index (χ0v) is 17.1. The van der Waals surface area contributed by atoms with Crippen LogP contribution in [0.2, 0.25) is 0 Å². The van der Waals surface area contributed by atoms with Crippen LogP contribution in [0.1, 0.15) is 11.1 Å². The second kappa shape index (κ2) is 9.64. The van der Waals surface area contributed by atoms with E-state index in [1.807, 2.05) is 96.4 Å². The first kappa shape index (κ1) is 19.6. The lowest BCUT2D eigenvalue weighted by Crippen LogP contribution is -2.24. The summed E-state index contributed by atoms with van der Waals surface area (Å²) in [5, 5.41) is 19.5. The van der Waals surface area contributed by atoms with Crippen molar-refractivity contribution in [1.29, 1.82) is 5.26 Å². The zero-order valence-electron chi connectivity index (χ0n) is 16.2. The molecule has 0 aromatic heterocycles. The van der Waals surface area contributed by atoms with Gasteiger partial charge in [0.15, 0.2) is 0 Å². The van der Waals surface area contributed by atoms with E-state index in [-0.39, 0.29) is 0 Å². The first-order valence-corrected chi connectivity index (χ1v) is 10.5. The van der Waals surface area contributed by atoms with E-state index in [1.54, 1.807) is 0 Å². The van der Waals surface area contributed by atoms with Gasteiger partial charge in [0.1, 0.15) is 17.5 Å². The number of para-hydroxylation sites is 1. The molecule has 5 heteroatoms. The fourth-order valence-corrected chi connectivity index (χ4v) is 3.85. The van der Waals surface area contributed by atoms with E-state index in [4.69, 9.17) is 4.99 Å². The molecule has 0 saturated heterocycles. The van der Waals surface area contributed by atoms with Crippen LogP contribution in [0.5, 0.6) is 0 Å². The molecule has 0 spiro atoms. The van der Waals surface area contributed by atoms with Crippen molar-refractivity contribution in [1.82, 2.24) is 5.32 Å². The van der Waals surface area contributed by atoms with Gasteiger partial charge in [0.2, 0.25) is 0 Å². The molecule has 0 amide bonds. The standard InChI is InChI=1S/C25H20N4S/c26-16-22-24(27-17-19-10-4-1-5-11-19)29-23(20-12-6-2-7-13-20)18-30-25(22)28-21-14-8-3-9-15-21/h1-15,18,28H,17H2,(H,27,29). The Morgan fingerprint density at radius 3 is 2.17 bits per heavy atom. The van der Waals surface area contributed by atoms with Crippen molar-refractivity contribution in [3.05, 3.63) is 118 Å². The summed E-state index contributed by atoms with van der Waals surface area (Å²) in [5.41, 5.74) is 4.44. The van der Waals surface area contributed by atoms with Crippen LogP contribution in [0.3, 0.4) is 0 Å². The van der Waals surface area contributed by atoms with E-state index in [0.717, 1.165) is 27.5 Å². The Bertz CT molecular complexity index is 1130. The number of benzene rings is 3. The number of nitrogens with zero attached hydrogens (tertiary/aromatic N) is 2. The Kier molecular flexibility index (Phi) is 6.28. The van der Waals surface area contributed by atoms with Crippen molar-refractivity contribution >= 4 is 29.0 Å². The van der Waals surface area contributed by atoms with Crippen LogP contribution in [-0.2, 0) is 6.54 Å². The summed E-state index contributed by atoms with van der Waals surface area (Å²) in [4.78, 5) is 4.76. The number of nitriles is 1. The number of aliphatic imine (C=N–C) groups is 1. The predicted octanol–water partition coefficient (Wildman–Crippen LogP) is 5.77. The smallest absolute Gasteiger partial charge is 0.146 e. The van der Waals surface area contributed by atoms with Crippen LogP contribution < -0.4 is 10.6 Å². The molecule has 4 nitrogen and oxygen atoms in total. The lowest BCUT2D eigenvalue weighted by Gasteiger charge is -2.12. The summed E-state index contributed by atoms with van der Waals surface area (Å²) >= 11 is 1.48. The van der Waals surface area contributed by atoms with E-state index < -0.39 is 0 Å². The van der Waals surface area contributed by atoms with Crippen molar-refractivity contribution in [3.8, 4) is 6.07 Å². The van der Waals surface area contributed by atoms with Crippen LogP contribution in [0.15, 0.2) is 112 Å². The second-order valence-corrected chi connectivity index (χ2v) is 7.48. The molecule has 2 N–H and O–H groups in total. The first-order chi connectivity index (χ1) is 14.8. The van der Waals surface area contributed by atoms with Gasteiger partial charge in [-0.15, -0.1) is 0 Å². The van der Waals surface area contributed by atoms with Crippen molar-refractivity contribution in [3.63, 3.8) is 0 Å². The Morgan fingerprint density at radius 1 is 0.867 bits per heavy atom. The highest BCUT2D eigenvalue weighted by Crippen LogP contribution is 2.30. The predicted molar refractivity (Wildman–Crippen MR) is 125 cm³/mol. The Labute approximate surface area is 180 Å². The highest BCUT2D eigenvalue weighted by Gasteiger charge is 2.20. The van der Waals surface area contributed by atoms with Gasteiger partial charge in [-0.2, -0.15) is 5.26 Å². The quantitative estimate of drug-likeness (QED) is 0.563. The second-order valence-electron chi connectivity index (χ2n) is 6.60. The first-order valence-electron chi connectivity index (χ1n) is 9.58. The van der Waals surface area contributed by atoms with Gasteiger partial charge in [0, 0.05) is 11.1 Å². The van der Waals surface area contributed by atoms with E-state index >= 15 is 0 Å². The van der Waals surface area contributed by atoms with E-state index in [1.165, 1.54) is 11.8 Å². The minimum Gasteiger partial charge on any atom is -0.349 e. The van der Waals surface area contributed by atoms with Crippen LogP contribution in [0, 0.1) is 11.3 Å². The molecule has 0 saturated carbocycles. The number of hydrogen-bond acceptors (Lipinski definition) is 4. The van der Waals surface area contributed by atoms with Crippen molar-refractivity contribution < 1.29 is 0 Å². The molecule has 0 bridgehead atoms. The van der Waals surface area contributed by atoms with Crippen LogP contribution in [0.4, 0.5) is 5.69 Å². The van der Waals surface area contributed by atoms with E-state index in [9.17, 15) is 5.26 Å². The van der Waals surface area contributed by atoms with Gasteiger partial charge in [-0.25, -0.2) is 0 Å². The maximum Gasteiger partial charge on any atom is 0.146 e. The number of rotatable bonds is 5. The summed E-state index contributed by atoms with van der Waals surface area (Å²) in [5.74, 6) is 0.555. The molecule has 0 fully saturated rings. The molecule has 146 valence electrons. The molecule has 0 aliphatic carbocycles. The number of thioether (sulfide) groups is 1. The monoisotopic (exact) mass is 408 g/mol. The Morgan fingerprint density at radius 2 is 1.50 bits per heavy atom. The fourth-order valence-electron chi connectivity index (χ4n) is 2.98. The summed E-state index contributed by atoms with van der Waals surface area (Å²) in [7, 11) is 0. The molecule has 0 unspecified atom stereocenters. The van der Waals surface area contributed by atoms with Gasteiger partial charge >= 0.3 is 0 Å². The van der Waals surface area contributed by atoms with Gasteiger partial charge in [-0.05, 0) is 23.3 Å². The third kappa shape index (κ3) is 4.80.